The topological polar surface area (TPSA) is 72.3 Å². The van der Waals surface area contributed by atoms with Crippen LogP contribution in [0.2, 0.25) is 0 Å². The second kappa shape index (κ2) is 3.77. The molecule has 1 aromatic carbocycles. The van der Waals surface area contributed by atoms with Gasteiger partial charge in [0.25, 0.3) is 0 Å². The molecule has 1 rings (SSSR count). The number of hydrogen-bond acceptors (Lipinski definition) is 3. The second-order valence-electron chi connectivity index (χ2n) is 3.38. The zero-order chi connectivity index (χ0) is 10.0. The van der Waals surface area contributed by atoms with Crippen LogP contribution in [-0.4, -0.2) is 11.2 Å². The van der Waals surface area contributed by atoms with Gasteiger partial charge in [-0.1, -0.05) is 6.07 Å². The molecule has 72 valence electrons. The molecule has 3 nitrogen and oxygen atoms in total. The standard InChI is InChI=1S/C10H16N2O/c1-6-3-4-8(11)5-9(6)10(12)7(2)13/h3-5,7,10,13H,11-12H2,1-2H3/t7-,10+/m0/s1. The molecule has 0 unspecified atom stereocenters. The van der Waals surface area contributed by atoms with Gasteiger partial charge in [-0.25, -0.2) is 0 Å². The normalized spacial score (nSPS) is 15.4. The molecule has 2 atom stereocenters. The molecule has 0 aliphatic heterocycles. The molecule has 0 fully saturated rings. The number of aliphatic hydroxyl groups is 1. The summed E-state index contributed by atoms with van der Waals surface area (Å²) in [7, 11) is 0. The van der Waals surface area contributed by atoms with Crippen molar-refractivity contribution in [1.29, 1.82) is 0 Å². The van der Waals surface area contributed by atoms with Crippen molar-refractivity contribution in [3.63, 3.8) is 0 Å². The Kier molecular flexibility index (Phi) is 2.90. The quantitative estimate of drug-likeness (QED) is 0.593. The monoisotopic (exact) mass is 180 g/mol. The number of benzene rings is 1. The van der Waals surface area contributed by atoms with Gasteiger partial charge in [0.2, 0.25) is 0 Å². The van der Waals surface area contributed by atoms with Gasteiger partial charge in [-0.05, 0) is 37.1 Å². The van der Waals surface area contributed by atoms with Gasteiger partial charge in [-0.3, -0.25) is 0 Å². The smallest absolute Gasteiger partial charge is 0.0704 e. The summed E-state index contributed by atoms with van der Waals surface area (Å²) >= 11 is 0. The first-order valence-electron chi connectivity index (χ1n) is 4.32. The van der Waals surface area contributed by atoms with E-state index in [2.05, 4.69) is 0 Å². The van der Waals surface area contributed by atoms with Crippen molar-refractivity contribution in [2.45, 2.75) is 26.0 Å². The van der Waals surface area contributed by atoms with E-state index in [1.165, 1.54) is 0 Å². The van der Waals surface area contributed by atoms with Gasteiger partial charge in [-0.2, -0.15) is 0 Å². The van der Waals surface area contributed by atoms with E-state index in [1.807, 2.05) is 25.1 Å². The lowest BCUT2D eigenvalue weighted by Crippen LogP contribution is -2.24. The summed E-state index contributed by atoms with van der Waals surface area (Å²) in [5.74, 6) is 0. The van der Waals surface area contributed by atoms with Gasteiger partial charge in [0, 0.05) is 5.69 Å². The molecule has 0 amide bonds. The molecule has 0 radical (unpaired) electrons. The Morgan fingerprint density at radius 3 is 2.54 bits per heavy atom. The van der Waals surface area contributed by atoms with Crippen LogP contribution in [0.4, 0.5) is 5.69 Å². The highest BCUT2D eigenvalue weighted by atomic mass is 16.3. The summed E-state index contributed by atoms with van der Waals surface area (Å²) in [6.07, 6.45) is -0.555. The maximum atomic E-state index is 9.32. The van der Waals surface area contributed by atoms with Crippen molar-refractivity contribution in [3.05, 3.63) is 29.3 Å². The summed E-state index contributed by atoms with van der Waals surface area (Å²) in [5.41, 5.74) is 14.1. The average Bonchev–Trinajstić information content (AvgIpc) is 2.08. The highest BCUT2D eigenvalue weighted by molar-refractivity contribution is 5.45. The van der Waals surface area contributed by atoms with E-state index >= 15 is 0 Å². The second-order valence-corrected chi connectivity index (χ2v) is 3.38. The molecule has 0 aliphatic carbocycles. The van der Waals surface area contributed by atoms with Crippen molar-refractivity contribution in [3.8, 4) is 0 Å². The predicted octanol–water partition coefficient (Wildman–Crippen LogP) is 0.958. The predicted molar refractivity (Wildman–Crippen MR) is 54.2 cm³/mol. The van der Waals surface area contributed by atoms with Crippen LogP contribution in [0.5, 0.6) is 0 Å². The number of aryl methyl sites for hydroxylation is 1. The maximum absolute atomic E-state index is 9.32. The van der Waals surface area contributed by atoms with Crippen molar-refractivity contribution < 1.29 is 5.11 Å². The van der Waals surface area contributed by atoms with Crippen molar-refractivity contribution >= 4 is 5.69 Å². The Labute approximate surface area is 78.4 Å². The number of rotatable bonds is 2. The van der Waals surface area contributed by atoms with Gasteiger partial charge in [0.15, 0.2) is 0 Å². The Hall–Kier alpha value is -1.06. The number of anilines is 1. The van der Waals surface area contributed by atoms with Crippen LogP contribution >= 0.6 is 0 Å². The van der Waals surface area contributed by atoms with Crippen LogP contribution < -0.4 is 11.5 Å². The molecule has 0 bridgehead atoms. The first kappa shape index (κ1) is 10.0. The zero-order valence-electron chi connectivity index (χ0n) is 7.99. The minimum absolute atomic E-state index is 0.358. The lowest BCUT2D eigenvalue weighted by Gasteiger charge is -2.17. The van der Waals surface area contributed by atoms with Gasteiger partial charge < -0.3 is 16.6 Å². The Bertz CT molecular complexity index is 297. The summed E-state index contributed by atoms with van der Waals surface area (Å²) in [6.45, 7) is 3.63. The van der Waals surface area contributed by atoms with E-state index < -0.39 is 6.10 Å². The number of nitrogen functional groups attached to an aromatic ring is 1. The van der Waals surface area contributed by atoms with E-state index in [1.54, 1.807) is 6.92 Å². The van der Waals surface area contributed by atoms with Crippen molar-refractivity contribution in [1.82, 2.24) is 0 Å². The first-order chi connectivity index (χ1) is 6.02. The van der Waals surface area contributed by atoms with Crippen LogP contribution in [0.1, 0.15) is 24.1 Å². The SMILES string of the molecule is Cc1ccc(N)cc1[C@H](N)[C@H](C)O. The molecule has 0 aromatic heterocycles. The average molecular weight is 180 g/mol. The fourth-order valence-electron chi connectivity index (χ4n) is 1.28. The maximum Gasteiger partial charge on any atom is 0.0704 e. The lowest BCUT2D eigenvalue weighted by molar-refractivity contribution is 0.164. The minimum Gasteiger partial charge on any atom is -0.399 e. The van der Waals surface area contributed by atoms with Gasteiger partial charge in [-0.15, -0.1) is 0 Å². The Balaban J connectivity index is 3.05. The first-order valence-corrected chi connectivity index (χ1v) is 4.32. The van der Waals surface area contributed by atoms with Crippen LogP contribution in [0.25, 0.3) is 0 Å². The molecule has 13 heavy (non-hydrogen) atoms. The summed E-state index contributed by atoms with van der Waals surface area (Å²) in [5, 5.41) is 9.32. The molecule has 0 heterocycles. The summed E-state index contributed by atoms with van der Waals surface area (Å²) < 4.78 is 0. The molecular weight excluding hydrogens is 164 g/mol. The van der Waals surface area contributed by atoms with Crippen LogP contribution in [-0.2, 0) is 0 Å². The van der Waals surface area contributed by atoms with Crippen LogP contribution in [0, 0.1) is 6.92 Å². The Morgan fingerprint density at radius 1 is 1.38 bits per heavy atom. The fourth-order valence-corrected chi connectivity index (χ4v) is 1.28. The van der Waals surface area contributed by atoms with Gasteiger partial charge in [0.1, 0.15) is 0 Å². The molecule has 0 saturated heterocycles. The number of hydrogen-bond donors (Lipinski definition) is 3. The molecule has 0 spiro atoms. The van der Waals surface area contributed by atoms with E-state index in [9.17, 15) is 5.11 Å². The third-order valence-corrected chi connectivity index (χ3v) is 2.18. The van der Waals surface area contributed by atoms with E-state index in [0.717, 1.165) is 11.1 Å². The highest BCUT2D eigenvalue weighted by Crippen LogP contribution is 2.20. The molecular formula is C10H16N2O. The van der Waals surface area contributed by atoms with E-state index in [4.69, 9.17) is 11.5 Å². The molecule has 0 saturated carbocycles. The minimum atomic E-state index is -0.555. The van der Waals surface area contributed by atoms with Gasteiger partial charge in [0.05, 0.1) is 12.1 Å². The summed E-state index contributed by atoms with van der Waals surface area (Å²) in [4.78, 5) is 0. The van der Waals surface area contributed by atoms with E-state index in [0.29, 0.717) is 5.69 Å². The third kappa shape index (κ3) is 2.20. The third-order valence-electron chi connectivity index (χ3n) is 2.18. The molecule has 1 aromatic rings. The zero-order valence-corrected chi connectivity index (χ0v) is 7.99. The highest BCUT2D eigenvalue weighted by Gasteiger charge is 2.13. The van der Waals surface area contributed by atoms with Crippen molar-refractivity contribution in [2.75, 3.05) is 5.73 Å². The molecule has 3 heteroatoms. The number of nitrogens with two attached hydrogens (primary N) is 2. The van der Waals surface area contributed by atoms with Crippen LogP contribution in [0.3, 0.4) is 0 Å². The number of aliphatic hydroxyl groups excluding tert-OH is 1. The molecule has 0 aliphatic rings. The fraction of sp³-hybridized carbons (Fsp3) is 0.400. The van der Waals surface area contributed by atoms with Crippen LogP contribution in [0.15, 0.2) is 18.2 Å². The molecule has 5 N–H and O–H groups in total. The largest absolute Gasteiger partial charge is 0.399 e. The Morgan fingerprint density at radius 2 is 2.00 bits per heavy atom. The van der Waals surface area contributed by atoms with Gasteiger partial charge >= 0.3 is 0 Å². The van der Waals surface area contributed by atoms with E-state index in [-0.39, 0.29) is 6.04 Å². The summed E-state index contributed by atoms with van der Waals surface area (Å²) in [6, 6.07) is 5.19. The lowest BCUT2D eigenvalue weighted by atomic mass is 9.98. The van der Waals surface area contributed by atoms with Crippen molar-refractivity contribution in [2.24, 2.45) is 5.73 Å².